The first kappa shape index (κ1) is 23.0. The Morgan fingerprint density at radius 2 is 2.23 bits per heavy atom. The van der Waals surface area contributed by atoms with Crippen LogP contribution in [0.2, 0.25) is 0 Å². The Labute approximate surface area is 174 Å². The standard InChI is InChI=1S/C21H25N3O6/c25-19(14-16-9-10-18(15-22-16)24(29)30)12-11-17-6-5-7-20(26)23(17)13-4-2-1-3-8-21(27)28/h9-12,15,17,19,25H,1,3,5-8,13-14H2,(H,27,28)/b12-11+/t17-,19?/m1/s1. The third-order valence-corrected chi connectivity index (χ3v) is 4.67. The molecule has 1 saturated heterocycles. The smallest absolute Gasteiger partial charge is 0.303 e. The molecule has 0 aromatic carbocycles. The van der Waals surface area contributed by atoms with Gasteiger partial charge in [-0.2, -0.15) is 0 Å². The molecule has 0 saturated carbocycles. The highest BCUT2D eigenvalue weighted by molar-refractivity contribution is 5.78. The van der Waals surface area contributed by atoms with Gasteiger partial charge in [0.2, 0.25) is 5.91 Å². The fraction of sp³-hybridized carbons (Fsp3) is 0.476. The monoisotopic (exact) mass is 415 g/mol. The number of aliphatic hydroxyl groups is 1. The van der Waals surface area contributed by atoms with Crippen molar-refractivity contribution in [3.8, 4) is 11.8 Å². The van der Waals surface area contributed by atoms with Gasteiger partial charge in [0, 0.05) is 37.4 Å². The van der Waals surface area contributed by atoms with Gasteiger partial charge in [-0.15, -0.1) is 5.92 Å². The fourth-order valence-corrected chi connectivity index (χ4v) is 3.09. The summed E-state index contributed by atoms with van der Waals surface area (Å²) in [5.41, 5.74) is 0.422. The molecule has 1 aliphatic heterocycles. The minimum absolute atomic E-state index is 0.00209. The Kier molecular flexibility index (Phi) is 8.97. The van der Waals surface area contributed by atoms with Gasteiger partial charge in [0.25, 0.3) is 5.69 Å². The highest BCUT2D eigenvalue weighted by Crippen LogP contribution is 2.19. The number of aliphatic hydroxyl groups excluding tert-OH is 1. The molecular formula is C21H25N3O6. The number of carboxylic acids is 1. The number of carboxylic acid groups (broad SMARTS) is 1. The molecule has 2 N–H and O–H groups in total. The summed E-state index contributed by atoms with van der Waals surface area (Å²) in [5, 5.41) is 29.5. The molecule has 1 fully saturated rings. The van der Waals surface area contributed by atoms with E-state index in [1.807, 2.05) is 0 Å². The second-order valence-electron chi connectivity index (χ2n) is 7.00. The number of nitrogens with zero attached hydrogens (tertiary/aromatic N) is 3. The molecule has 2 rings (SSSR count). The average Bonchev–Trinajstić information content (AvgIpc) is 2.70. The predicted molar refractivity (Wildman–Crippen MR) is 108 cm³/mol. The third kappa shape index (κ3) is 7.64. The Morgan fingerprint density at radius 3 is 2.90 bits per heavy atom. The molecule has 1 aliphatic rings. The lowest BCUT2D eigenvalue weighted by atomic mass is 10.00. The largest absolute Gasteiger partial charge is 0.481 e. The number of piperidine rings is 1. The molecule has 1 amide bonds. The Morgan fingerprint density at radius 1 is 1.43 bits per heavy atom. The number of unbranched alkanes of at least 4 members (excludes halogenated alkanes) is 1. The molecule has 0 aliphatic carbocycles. The van der Waals surface area contributed by atoms with E-state index in [9.17, 15) is 24.8 Å². The van der Waals surface area contributed by atoms with Crippen molar-refractivity contribution in [3.63, 3.8) is 0 Å². The van der Waals surface area contributed by atoms with E-state index < -0.39 is 17.0 Å². The zero-order chi connectivity index (χ0) is 21.9. The molecule has 0 radical (unpaired) electrons. The number of hydrogen-bond donors (Lipinski definition) is 2. The second kappa shape index (κ2) is 11.7. The number of hydrogen-bond acceptors (Lipinski definition) is 6. The maximum atomic E-state index is 12.3. The molecule has 9 nitrogen and oxygen atoms in total. The van der Waals surface area contributed by atoms with Crippen LogP contribution >= 0.6 is 0 Å². The first-order chi connectivity index (χ1) is 14.4. The number of carbonyl (C=O) groups excluding carboxylic acids is 1. The summed E-state index contributed by atoms with van der Waals surface area (Å²) >= 11 is 0. The topological polar surface area (TPSA) is 134 Å². The maximum Gasteiger partial charge on any atom is 0.303 e. The van der Waals surface area contributed by atoms with E-state index in [0.717, 1.165) is 19.0 Å². The molecule has 2 heterocycles. The van der Waals surface area contributed by atoms with Crippen LogP contribution in [0.5, 0.6) is 0 Å². The fourth-order valence-electron chi connectivity index (χ4n) is 3.09. The van der Waals surface area contributed by atoms with Gasteiger partial charge in [-0.05, 0) is 25.3 Å². The molecular weight excluding hydrogens is 390 g/mol. The van der Waals surface area contributed by atoms with Crippen molar-refractivity contribution >= 4 is 17.6 Å². The SMILES string of the molecule is O=C(O)CCCC#CCN1C(=O)CCC[C@@H]1/C=C/C(O)Cc1ccc([N+](=O)[O-])cn1. The van der Waals surface area contributed by atoms with Crippen LogP contribution in [0.1, 0.15) is 44.2 Å². The summed E-state index contributed by atoms with van der Waals surface area (Å²) in [6.07, 6.45) is 6.93. The molecule has 0 spiro atoms. The molecule has 30 heavy (non-hydrogen) atoms. The summed E-state index contributed by atoms with van der Waals surface area (Å²) < 4.78 is 0. The lowest BCUT2D eigenvalue weighted by Gasteiger charge is -2.32. The second-order valence-corrected chi connectivity index (χ2v) is 7.00. The summed E-state index contributed by atoms with van der Waals surface area (Å²) in [7, 11) is 0. The van der Waals surface area contributed by atoms with Crippen LogP contribution in [0, 0.1) is 22.0 Å². The van der Waals surface area contributed by atoms with Crippen molar-refractivity contribution in [2.24, 2.45) is 0 Å². The van der Waals surface area contributed by atoms with Crippen molar-refractivity contribution in [2.75, 3.05) is 6.54 Å². The highest BCUT2D eigenvalue weighted by Gasteiger charge is 2.25. The van der Waals surface area contributed by atoms with E-state index in [4.69, 9.17) is 5.11 Å². The predicted octanol–water partition coefficient (Wildman–Crippen LogP) is 2.09. The van der Waals surface area contributed by atoms with Crippen LogP contribution in [-0.2, 0) is 16.0 Å². The van der Waals surface area contributed by atoms with E-state index in [1.54, 1.807) is 17.1 Å². The van der Waals surface area contributed by atoms with Crippen LogP contribution < -0.4 is 0 Å². The van der Waals surface area contributed by atoms with Gasteiger partial charge in [-0.25, -0.2) is 0 Å². The lowest BCUT2D eigenvalue weighted by molar-refractivity contribution is -0.385. The van der Waals surface area contributed by atoms with Gasteiger partial charge in [-0.3, -0.25) is 24.7 Å². The minimum atomic E-state index is -0.851. The van der Waals surface area contributed by atoms with Crippen molar-refractivity contribution in [3.05, 3.63) is 46.3 Å². The number of amides is 1. The number of carbonyl (C=O) groups is 2. The summed E-state index contributed by atoms with van der Waals surface area (Å²) in [6.45, 7) is 0.265. The van der Waals surface area contributed by atoms with Crippen molar-refractivity contribution in [2.45, 2.75) is 57.1 Å². The first-order valence-corrected chi connectivity index (χ1v) is 9.79. The van der Waals surface area contributed by atoms with Crippen molar-refractivity contribution < 1.29 is 24.7 Å². The molecule has 1 unspecified atom stereocenters. The van der Waals surface area contributed by atoms with Crippen molar-refractivity contribution in [1.82, 2.24) is 9.88 Å². The van der Waals surface area contributed by atoms with Crippen LogP contribution in [0.15, 0.2) is 30.5 Å². The highest BCUT2D eigenvalue weighted by atomic mass is 16.6. The molecule has 1 aromatic heterocycles. The minimum Gasteiger partial charge on any atom is -0.481 e. The number of nitro groups is 1. The van der Waals surface area contributed by atoms with Crippen molar-refractivity contribution in [1.29, 1.82) is 0 Å². The zero-order valence-electron chi connectivity index (χ0n) is 16.6. The molecule has 160 valence electrons. The normalized spacial score (nSPS) is 17.4. The van der Waals surface area contributed by atoms with E-state index in [2.05, 4.69) is 16.8 Å². The van der Waals surface area contributed by atoms with Gasteiger partial charge in [-0.1, -0.05) is 18.1 Å². The summed E-state index contributed by atoms with van der Waals surface area (Å²) in [6, 6.07) is 2.68. The van der Waals surface area contributed by atoms with Crippen LogP contribution in [0.3, 0.4) is 0 Å². The molecule has 9 heteroatoms. The van der Waals surface area contributed by atoms with Gasteiger partial charge in [0.1, 0.15) is 6.20 Å². The lowest BCUT2D eigenvalue weighted by Crippen LogP contribution is -2.42. The summed E-state index contributed by atoms with van der Waals surface area (Å²) in [4.78, 5) is 38.5. The van der Waals surface area contributed by atoms with Gasteiger partial charge >= 0.3 is 5.97 Å². The molecule has 2 atom stereocenters. The number of pyridine rings is 1. The number of rotatable bonds is 9. The van der Waals surface area contributed by atoms with E-state index in [0.29, 0.717) is 25.0 Å². The Hall–Kier alpha value is -3.25. The number of aromatic nitrogens is 1. The molecule has 0 bridgehead atoms. The number of likely N-dealkylation sites (tertiary alicyclic amines) is 1. The average molecular weight is 415 g/mol. The van der Waals surface area contributed by atoms with Gasteiger partial charge in [0.15, 0.2) is 0 Å². The third-order valence-electron chi connectivity index (χ3n) is 4.67. The number of aliphatic carboxylic acids is 1. The molecule has 1 aromatic rings. The zero-order valence-corrected chi connectivity index (χ0v) is 16.6. The van der Waals surface area contributed by atoms with Gasteiger partial charge < -0.3 is 15.1 Å². The van der Waals surface area contributed by atoms with E-state index in [-0.39, 0.29) is 37.0 Å². The van der Waals surface area contributed by atoms with Crippen LogP contribution in [0.4, 0.5) is 5.69 Å². The van der Waals surface area contributed by atoms with Gasteiger partial charge in [0.05, 0.1) is 23.6 Å². The Bertz CT molecular complexity index is 841. The van der Waals surface area contributed by atoms with E-state index >= 15 is 0 Å². The maximum absolute atomic E-state index is 12.3. The van der Waals surface area contributed by atoms with Crippen LogP contribution in [0.25, 0.3) is 0 Å². The van der Waals surface area contributed by atoms with Crippen LogP contribution in [-0.4, -0.2) is 55.6 Å². The summed E-state index contributed by atoms with van der Waals surface area (Å²) in [5.74, 6) is 4.98. The Balaban J connectivity index is 1.90. The first-order valence-electron chi connectivity index (χ1n) is 9.79. The quantitative estimate of drug-likeness (QED) is 0.207. The van der Waals surface area contributed by atoms with E-state index in [1.165, 1.54) is 12.1 Å².